The minimum Gasteiger partial charge on any atom is -0.376 e. The number of nitrogens with one attached hydrogen (secondary N) is 2. The predicted molar refractivity (Wildman–Crippen MR) is 142 cm³/mol. The lowest BCUT2D eigenvalue weighted by Crippen LogP contribution is -2.40. The number of benzene rings is 1. The van der Waals surface area contributed by atoms with Crippen molar-refractivity contribution in [2.45, 2.75) is 59.9 Å². The Bertz CT molecular complexity index is 853. The summed E-state index contributed by atoms with van der Waals surface area (Å²) in [6.45, 7) is 15.4. The number of aryl methyl sites for hydroxylation is 3. The summed E-state index contributed by atoms with van der Waals surface area (Å²) in [5, 5.41) is 11.3. The minimum atomic E-state index is 0. The molecule has 1 aromatic carbocycles. The third-order valence-corrected chi connectivity index (χ3v) is 5.43. The standard InChI is InChI=1S/C24H38N6O.HI/c1-5-25-24(26-10-7-11-30-20(3)14-19(2)28-30)27-16-22-8-6-9-23(15-22)18-29-12-13-31-21(4)17-29;/h6,8-9,14-15,21H,5,7,10-13,16-18H2,1-4H3,(H2,25,26,27);1H. The number of aliphatic imine (C=N–C) groups is 1. The van der Waals surface area contributed by atoms with Crippen molar-refractivity contribution in [1.82, 2.24) is 25.3 Å². The second-order valence-corrected chi connectivity index (χ2v) is 8.36. The zero-order valence-electron chi connectivity index (χ0n) is 19.9. The lowest BCUT2D eigenvalue weighted by molar-refractivity contribution is -0.0212. The van der Waals surface area contributed by atoms with Crippen LogP contribution in [0.15, 0.2) is 35.3 Å². The third-order valence-electron chi connectivity index (χ3n) is 5.43. The van der Waals surface area contributed by atoms with E-state index in [1.54, 1.807) is 0 Å². The number of hydrogen-bond donors (Lipinski definition) is 2. The zero-order valence-corrected chi connectivity index (χ0v) is 22.3. The van der Waals surface area contributed by atoms with Gasteiger partial charge in [0, 0.05) is 45.0 Å². The van der Waals surface area contributed by atoms with Crippen LogP contribution >= 0.6 is 24.0 Å². The number of rotatable bonds is 9. The van der Waals surface area contributed by atoms with Crippen molar-refractivity contribution in [1.29, 1.82) is 0 Å². The van der Waals surface area contributed by atoms with Crippen LogP contribution in [0, 0.1) is 13.8 Å². The van der Waals surface area contributed by atoms with E-state index in [2.05, 4.69) is 76.4 Å². The van der Waals surface area contributed by atoms with Crippen molar-refractivity contribution in [2.75, 3.05) is 32.8 Å². The first-order valence-corrected chi connectivity index (χ1v) is 11.5. The molecule has 1 unspecified atom stereocenters. The number of aromatic nitrogens is 2. The van der Waals surface area contributed by atoms with E-state index in [0.717, 1.165) is 63.9 Å². The highest BCUT2D eigenvalue weighted by Crippen LogP contribution is 2.12. The van der Waals surface area contributed by atoms with Crippen molar-refractivity contribution in [2.24, 2.45) is 4.99 Å². The van der Waals surface area contributed by atoms with Crippen molar-refractivity contribution >= 4 is 29.9 Å². The van der Waals surface area contributed by atoms with Gasteiger partial charge >= 0.3 is 0 Å². The topological polar surface area (TPSA) is 66.7 Å². The fourth-order valence-corrected chi connectivity index (χ4v) is 3.97. The summed E-state index contributed by atoms with van der Waals surface area (Å²) < 4.78 is 7.72. The third kappa shape index (κ3) is 8.71. The van der Waals surface area contributed by atoms with Crippen LogP contribution in [0.4, 0.5) is 0 Å². The molecule has 2 heterocycles. The van der Waals surface area contributed by atoms with Crippen LogP contribution in [-0.2, 0) is 24.4 Å². The van der Waals surface area contributed by atoms with E-state index in [0.29, 0.717) is 12.6 Å². The zero-order chi connectivity index (χ0) is 22.1. The van der Waals surface area contributed by atoms with Crippen LogP contribution in [-0.4, -0.2) is 59.5 Å². The Labute approximate surface area is 210 Å². The number of hydrogen-bond acceptors (Lipinski definition) is 4. The summed E-state index contributed by atoms with van der Waals surface area (Å²) in [4.78, 5) is 7.25. The quantitative estimate of drug-likeness (QED) is 0.215. The van der Waals surface area contributed by atoms with E-state index in [1.165, 1.54) is 16.8 Å². The highest BCUT2D eigenvalue weighted by Gasteiger charge is 2.16. The molecule has 32 heavy (non-hydrogen) atoms. The summed E-state index contributed by atoms with van der Waals surface area (Å²) in [5.41, 5.74) is 4.86. The molecule has 7 nitrogen and oxygen atoms in total. The van der Waals surface area contributed by atoms with Crippen molar-refractivity contribution in [3.05, 3.63) is 52.8 Å². The van der Waals surface area contributed by atoms with Gasteiger partial charge in [-0.1, -0.05) is 24.3 Å². The molecule has 3 rings (SSSR count). The molecule has 178 valence electrons. The SMILES string of the molecule is CCNC(=NCc1cccc(CN2CCOC(C)C2)c1)NCCCn1nc(C)cc1C.I. The molecule has 0 spiro atoms. The van der Waals surface area contributed by atoms with Gasteiger partial charge in [0.25, 0.3) is 0 Å². The van der Waals surface area contributed by atoms with E-state index in [4.69, 9.17) is 9.73 Å². The monoisotopic (exact) mass is 554 g/mol. The van der Waals surface area contributed by atoms with Crippen LogP contribution in [0.25, 0.3) is 0 Å². The Morgan fingerprint density at radius 3 is 2.75 bits per heavy atom. The van der Waals surface area contributed by atoms with Gasteiger partial charge in [-0.15, -0.1) is 24.0 Å². The van der Waals surface area contributed by atoms with Crippen molar-refractivity contribution < 1.29 is 4.74 Å². The molecule has 0 amide bonds. The summed E-state index contributed by atoms with van der Waals surface area (Å²) in [5.74, 6) is 0.864. The molecule has 2 N–H and O–H groups in total. The molecule has 1 aliphatic heterocycles. The van der Waals surface area contributed by atoms with Crippen molar-refractivity contribution in [3.8, 4) is 0 Å². The maximum absolute atomic E-state index is 5.65. The first kappa shape index (κ1) is 26.6. The Kier molecular flexibility index (Phi) is 11.5. The first-order valence-electron chi connectivity index (χ1n) is 11.5. The summed E-state index contributed by atoms with van der Waals surface area (Å²) in [6.07, 6.45) is 1.32. The lowest BCUT2D eigenvalue weighted by Gasteiger charge is -2.31. The largest absolute Gasteiger partial charge is 0.376 e. The molecule has 1 saturated heterocycles. The van der Waals surface area contributed by atoms with Gasteiger partial charge in [0.05, 0.1) is 24.9 Å². The molecule has 0 aliphatic carbocycles. The summed E-state index contributed by atoms with van der Waals surface area (Å²) in [6, 6.07) is 10.9. The van der Waals surface area contributed by atoms with Gasteiger partial charge < -0.3 is 15.4 Å². The molecule has 1 aliphatic rings. The maximum Gasteiger partial charge on any atom is 0.191 e. The second-order valence-electron chi connectivity index (χ2n) is 8.36. The van der Waals surface area contributed by atoms with Crippen LogP contribution in [0.5, 0.6) is 0 Å². The van der Waals surface area contributed by atoms with Gasteiger partial charge in [-0.2, -0.15) is 5.10 Å². The fraction of sp³-hybridized carbons (Fsp3) is 0.583. The Morgan fingerprint density at radius 1 is 1.22 bits per heavy atom. The molecular weight excluding hydrogens is 515 g/mol. The van der Waals surface area contributed by atoms with Crippen LogP contribution in [0.1, 0.15) is 42.8 Å². The normalized spacial score (nSPS) is 17.1. The molecule has 1 aromatic heterocycles. The lowest BCUT2D eigenvalue weighted by atomic mass is 10.1. The number of guanidine groups is 1. The number of morpholine rings is 1. The average molecular weight is 555 g/mol. The Morgan fingerprint density at radius 2 is 2.03 bits per heavy atom. The number of ether oxygens (including phenoxy) is 1. The minimum absolute atomic E-state index is 0. The average Bonchev–Trinajstić information content (AvgIpc) is 3.06. The van der Waals surface area contributed by atoms with E-state index in [9.17, 15) is 0 Å². The van der Waals surface area contributed by atoms with Gasteiger partial charge in [0.15, 0.2) is 5.96 Å². The van der Waals surface area contributed by atoms with Gasteiger partial charge in [-0.25, -0.2) is 4.99 Å². The van der Waals surface area contributed by atoms with Gasteiger partial charge in [0.1, 0.15) is 0 Å². The molecule has 1 fully saturated rings. The highest BCUT2D eigenvalue weighted by atomic mass is 127. The van der Waals surface area contributed by atoms with Gasteiger partial charge in [0.2, 0.25) is 0 Å². The smallest absolute Gasteiger partial charge is 0.191 e. The molecule has 1 atom stereocenters. The molecule has 0 saturated carbocycles. The van der Waals surface area contributed by atoms with Crippen LogP contribution < -0.4 is 10.6 Å². The van der Waals surface area contributed by atoms with E-state index < -0.39 is 0 Å². The van der Waals surface area contributed by atoms with Crippen molar-refractivity contribution in [3.63, 3.8) is 0 Å². The van der Waals surface area contributed by atoms with E-state index in [-0.39, 0.29) is 24.0 Å². The van der Waals surface area contributed by atoms with Gasteiger partial charge in [-0.05, 0) is 51.3 Å². The van der Waals surface area contributed by atoms with Gasteiger partial charge in [-0.3, -0.25) is 9.58 Å². The fourth-order valence-electron chi connectivity index (χ4n) is 3.97. The first-order chi connectivity index (χ1) is 15.0. The maximum atomic E-state index is 5.65. The molecule has 2 aromatic rings. The van der Waals surface area contributed by atoms with Crippen LogP contribution in [0.3, 0.4) is 0 Å². The second kappa shape index (κ2) is 13.8. The predicted octanol–water partition coefficient (Wildman–Crippen LogP) is 3.48. The summed E-state index contributed by atoms with van der Waals surface area (Å²) in [7, 11) is 0. The summed E-state index contributed by atoms with van der Waals surface area (Å²) >= 11 is 0. The van der Waals surface area contributed by atoms with E-state index in [1.807, 2.05) is 6.92 Å². The molecule has 8 heteroatoms. The molecule has 0 radical (unpaired) electrons. The van der Waals surface area contributed by atoms with E-state index >= 15 is 0 Å². The Hall–Kier alpha value is -1.65. The number of nitrogens with zero attached hydrogens (tertiary/aromatic N) is 4. The highest BCUT2D eigenvalue weighted by molar-refractivity contribution is 14.0. The Balaban J connectivity index is 0.00000363. The van der Waals surface area contributed by atoms with Crippen LogP contribution in [0.2, 0.25) is 0 Å². The number of halogens is 1. The molecule has 0 bridgehead atoms. The molecular formula is C24H39IN6O.